The van der Waals surface area contributed by atoms with Crippen molar-refractivity contribution in [2.45, 2.75) is 47.5 Å². The van der Waals surface area contributed by atoms with Gasteiger partial charge in [0.1, 0.15) is 17.5 Å². The van der Waals surface area contributed by atoms with Crippen LogP contribution in [-0.2, 0) is 0 Å². The maximum absolute atomic E-state index is 4.61. The maximum atomic E-state index is 4.61. The van der Waals surface area contributed by atoms with Gasteiger partial charge in [-0.05, 0) is 31.6 Å². The van der Waals surface area contributed by atoms with Crippen LogP contribution in [0.1, 0.15) is 46.4 Å². The summed E-state index contributed by atoms with van der Waals surface area (Å²) in [5.74, 6) is 4.19. The van der Waals surface area contributed by atoms with Crippen molar-refractivity contribution in [3.8, 4) is 0 Å². The molecule has 0 radical (unpaired) electrons. The number of rotatable bonds is 8. The smallest absolute Gasteiger partial charge is 0.134 e. The molecule has 0 aromatic carbocycles. The van der Waals surface area contributed by atoms with Crippen molar-refractivity contribution in [1.82, 2.24) is 9.97 Å². The van der Waals surface area contributed by atoms with Crippen molar-refractivity contribution in [1.29, 1.82) is 0 Å². The number of aromatic nitrogens is 2. The number of anilines is 2. The van der Waals surface area contributed by atoms with E-state index in [0.29, 0.717) is 11.8 Å². The maximum Gasteiger partial charge on any atom is 0.134 e. The van der Waals surface area contributed by atoms with Crippen LogP contribution in [0.25, 0.3) is 0 Å². The summed E-state index contributed by atoms with van der Waals surface area (Å²) >= 11 is 0. The van der Waals surface area contributed by atoms with Crippen molar-refractivity contribution in [2.24, 2.45) is 11.8 Å². The number of nitrogens with zero attached hydrogens (tertiary/aromatic N) is 3. The average Bonchev–Trinajstić information content (AvgIpc) is 2.37. The number of hydrogen-bond donors (Lipinski definition) is 1. The molecule has 0 aliphatic carbocycles. The topological polar surface area (TPSA) is 41.0 Å². The highest BCUT2D eigenvalue weighted by molar-refractivity contribution is 5.49. The third-order valence-corrected chi connectivity index (χ3v) is 3.36. The zero-order chi connectivity index (χ0) is 15.1. The van der Waals surface area contributed by atoms with E-state index in [1.807, 2.05) is 20.0 Å². The molecule has 4 heteroatoms. The Morgan fingerprint density at radius 2 is 1.60 bits per heavy atom. The molecule has 1 aromatic heterocycles. The molecule has 0 bridgehead atoms. The van der Waals surface area contributed by atoms with Crippen molar-refractivity contribution in [2.75, 3.05) is 30.4 Å². The van der Waals surface area contributed by atoms with E-state index in [4.69, 9.17) is 0 Å². The summed E-state index contributed by atoms with van der Waals surface area (Å²) in [5.41, 5.74) is 0. The lowest BCUT2D eigenvalue weighted by molar-refractivity contribution is 0.532. The zero-order valence-corrected chi connectivity index (χ0v) is 13.9. The average molecular weight is 278 g/mol. The van der Waals surface area contributed by atoms with Crippen molar-refractivity contribution >= 4 is 11.6 Å². The lowest BCUT2D eigenvalue weighted by Crippen LogP contribution is -2.28. The predicted octanol–water partition coefficient (Wildman–Crippen LogP) is 3.73. The molecule has 1 heterocycles. The molecule has 4 nitrogen and oxygen atoms in total. The van der Waals surface area contributed by atoms with Gasteiger partial charge in [0, 0.05) is 26.2 Å². The van der Waals surface area contributed by atoms with E-state index in [0.717, 1.165) is 30.5 Å². The van der Waals surface area contributed by atoms with Crippen LogP contribution in [0, 0.1) is 18.8 Å². The Hall–Kier alpha value is -1.32. The van der Waals surface area contributed by atoms with Gasteiger partial charge in [-0.15, -0.1) is 0 Å². The summed E-state index contributed by atoms with van der Waals surface area (Å²) in [7, 11) is 1.90. The van der Waals surface area contributed by atoms with E-state index in [-0.39, 0.29) is 0 Å². The van der Waals surface area contributed by atoms with Crippen LogP contribution < -0.4 is 10.2 Å². The fraction of sp³-hybridized carbons (Fsp3) is 0.750. The lowest BCUT2D eigenvalue weighted by atomic mass is 10.1. The van der Waals surface area contributed by atoms with Crippen LogP contribution >= 0.6 is 0 Å². The molecule has 0 saturated heterocycles. The highest BCUT2D eigenvalue weighted by Gasteiger charge is 2.11. The van der Waals surface area contributed by atoms with Crippen LogP contribution in [-0.4, -0.2) is 30.1 Å². The summed E-state index contributed by atoms with van der Waals surface area (Å²) in [4.78, 5) is 11.4. The minimum Gasteiger partial charge on any atom is -0.373 e. The molecule has 114 valence electrons. The molecule has 20 heavy (non-hydrogen) atoms. The summed E-state index contributed by atoms with van der Waals surface area (Å²) in [6.07, 6.45) is 2.38. The molecule has 0 unspecified atom stereocenters. The highest BCUT2D eigenvalue weighted by Crippen LogP contribution is 2.18. The molecule has 0 atom stereocenters. The molecule has 0 aliphatic heterocycles. The largest absolute Gasteiger partial charge is 0.373 e. The molecule has 0 amide bonds. The predicted molar refractivity (Wildman–Crippen MR) is 87.4 cm³/mol. The van der Waals surface area contributed by atoms with Crippen molar-refractivity contribution < 1.29 is 0 Å². The highest BCUT2D eigenvalue weighted by atomic mass is 15.2. The molecule has 1 N–H and O–H groups in total. The fourth-order valence-electron chi connectivity index (χ4n) is 2.01. The van der Waals surface area contributed by atoms with Crippen LogP contribution in [0.5, 0.6) is 0 Å². The number of aryl methyl sites for hydroxylation is 1. The van der Waals surface area contributed by atoms with Gasteiger partial charge in [-0.25, -0.2) is 9.97 Å². The van der Waals surface area contributed by atoms with Crippen LogP contribution in [0.3, 0.4) is 0 Å². The Kier molecular flexibility index (Phi) is 6.76. The summed E-state index contributed by atoms with van der Waals surface area (Å²) in [6.45, 7) is 13.1. The summed E-state index contributed by atoms with van der Waals surface area (Å²) in [6, 6.07) is 2.05. The van der Waals surface area contributed by atoms with Gasteiger partial charge < -0.3 is 10.2 Å². The van der Waals surface area contributed by atoms with Gasteiger partial charge in [-0.3, -0.25) is 0 Å². The lowest BCUT2D eigenvalue weighted by Gasteiger charge is -2.26. The van der Waals surface area contributed by atoms with E-state index < -0.39 is 0 Å². The van der Waals surface area contributed by atoms with E-state index in [9.17, 15) is 0 Å². The molecule has 1 aromatic rings. The van der Waals surface area contributed by atoms with Crippen LogP contribution in [0.15, 0.2) is 6.07 Å². The van der Waals surface area contributed by atoms with Crippen molar-refractivity contribution in [3.05, 3.63) is 11.9 Å². The van der Waals surface area contributed by atoms with E-state index in [2.05, 4.69) is 47.9 Å². The Labute approximate surface area is 124 Å². The van der Waals surface area contributed by atoms with Gasteiger partial charge in [0.25, 0.3) is 0 Å². The Morgan fingerprint density at radius 1 is 1.05 bits per heavy atom. The van der Waals surface area contributed by atoms with E-state index in [1.54, 1.807) is 0 Å². The minimum atomic E-state index is 0.711. The Morgan fingerprint density at radius 3 is 2.05 bits per heavy atom. The van der Waals surface area contributed by atoms with Gasteiger partial charge >= 0.3 is 0 Å². The normalized spacial score (nSPS) is 11.2. The quantitative estimate of drug-likeness (QED) is 0.786. The molecular formula is C16H30N4. The van der Waals surface area contributed by atoms with Crippen molar-refractivity contribution in [3.63, 3.8) is 0 Å². The van der Waals surface area contributed by atoms with Gasteiger partial charge in [0.15, 0.2) is 0 Å². The first-order valence-electron chi connectivity index (χ1n) is 7.70. The first-order chi connectivity index (χ1) is 9.42. The van der Waals surface area contributed by atoms with Gasteiger partial charge in [0.2, 0.25) is 0 Å². The number of nitrogens with one attached hydrogen (secondary N) is 1. The third kappa shape index (κ3) is 5.76. The Bertz CT molecular complexity index is 389. The monoisotopic (exact) mass is 278 g/mol. The second-order valence-electron chi connectivity index (χ2n) is 6.26. The molecule has 0 saturated carbocycles. The summed E-state index contributed by atoms with van der Waals surface area (Å²) < 4.78 is 0. The van der Waals surface area contributed by atoms with Gasteiger partial charge in [-0.2, -0.15) is 0 Å². The van der Waals surface area contributed by atoms with Gasteiger partial charge in [0.05, 0.1) is 0 Å². The molecule has 0 spiro atoms. The van der Waals surface area contributed by atoms with E-state index >= 15 is 0 Å². The number of hydrogen-bond acceptors (Lipinski definition) is 4. The summed E-state index contributed by atoms with van der Waals surface area (Å²) in [5, 5.41) is 3.12. The minimum absolute atomic E-state index is 0.711. The van der Waals surface area contributed by atoms with Gasteiger partial charge in [-0.1, -0.05) is 27.7 Å². The Balaban J connectivity index is 2.86. The molecule has 0 aliphatic rings. The second kappa shape index (κ2) is 8.08. The van der Waals surface area contributed by atoms with Crippen LogP contribution in [0.2, 0.25) is 0 Å². The second-order valence-corrected chi connectivity index (χ2v) is 6.26. The first kappa shape index (κ1) is 16.7. The standard InChI is InChI=1S/C16H30N4/c1-12(2)7-9-20(10-8-13(3)4)16-11-15(17-6)18-14(5)19-16/h11-13H,7-10H2,1-6H3,(H,17,18,19). The third-order valence-electron chi connectivity index (χ3n) is 3.36. The SMILES string of the molecule is CNc1cc(N(CCC(C)C)CCC(C)C)nc(C)n1. The zero-order valence-electron chi connectivity index (χ0n) is 13.9. The molecule has 1 rings (SSSR count). The first-order valence-corrected chi connectivity index (χ1v) is 7.70. The molecular weight excluding hydrogens is 248 g/mol. The van der Waals surface area contributed by atoms with Crippen LogP contribution in [0.4, 0.5) is 11.6 Å². The van der Waals surface area contributed by atoms with E-state index in [1.165, 1.54) is 12.8 Å². The molecule has 0 fully saturated rings. The fourth-order valence-corrected chi connectivity index (χ4v) is 2.01.